The Hall–Kier alpha value is -0.690. The van der Waals surface area contributed by atoms with Gasteiger partial charge in [0.25, 0.3) is 0 Å². The van der Waals surface area contributed by atoms with E-state index in [1.807, 2.05) is 0 Å². The van der Waals surface area contributed by atoms with Gasteiger partial charge in [0.05, 0.1) is 4.90 Å². The van der Waals surface area contributed by atoms with Crippen LogP contribution < -0.4 is 10.5 Å². The number of rotatable bonds is 4. The summed E-state index contributed by atoms with van der Waals surface area (Å²) in [6.45, 7) is 3.45. The number of sulfonamides is 1. The Balaban J connectivity index is 0.00000256. The molecule has 0 aromatic heterocycles. The first-order chi connectivity index (χ1) is 7.38. The highest BCUT2D eigenvalue weighted by molar-refractivity contribution is 7.89. The maximum atomic E-state index is 13.3. The number of aryl methyl sites for hydroxylation is 2. The first-order valence-electron chi connectivity index (χ1n) is 4.85. The molecule has 0 bridgehead atoms. The van der Waals surface area contributed by atoms with Crippen molar-refractivity contribution in [1.82, 2.24) is 4.72 Å². The van der Waals surface area contributed by atoms with E-state index in [2.05, 4.69) is 4.72 Å². The average molecular weight is 283 g/mol. The minimum Gasteiger partial charge on any atom is -0.329 e. The van der Waals surface area contributed by atoms with Gasteiger partial charge in [-0.3, -0.25) is 0 Å². The van der Waals surface area contributed by atoms with Gasteiger partial charge in [0, 0.05) is 13.1 Å². The first-order valence-corrected chi connectivity index (χ1v) is 6.33. The molecule has 0 saturated carbocycles. The quantitative estimate of drug-likeness (QED) is 0.869. The van der Waals surface area contributed by atoms with E-state index in [-0.39, 0.29) is 36.2 Å². The Kier molecular flexibility index (Phi) is 6.04. The smallest absolute Gasteiger partial charge is 0.240 e. The SMILES string of the molecule is Cc1cc(S(=O)(=O)NCCN)cc(C)c1F.Cl. The molecule has 4 nitrogen and oxygen atoms in total. The van der Waals surface area contributed by atoms with Crippen molar-refractivity contribution in [2.24, 2.45) is 5.73 Å². The second kappa shape index (κ2) is 6.30. The van der Waals surface area contributed by atoms with Crippen LogP contribution >= 0.6 is 12.4 Å². The minimum atomic E-state index is -3.58. The van der Waals surface area contributed by atoms with Crippen molar-refractivity contribution in [3.8, 4) is 0 Å². The van der Waals surface area contributed by atoms with Crippen molar-refractivity contribution in [3.05, 3.63) is 29.1 Å². The van der Waals surface area contributed by atoms with Gasteiger partial charge >= 0.3 is 0 Å². The standard InChI is InChI=1S/C10H15FN2O2S.ClH/c1-7-5-9(6-8(2)10(7)11)16(14,15)13-4-3-12;/h5-6,13H,3-4,12H2,1-2H3;1H. The van der Waals surface area contributed by atoms with Gasteiger partial charge in [-0.25, -0.2) is 17.5 Å². The predicted octanol–water partition coefficient (Wildman–Crippen LogP) is 1.10. The van der Waals surface area contributed by atoms with Gasteiger partial charge in [-0.05, 0) is 37.1 Å². The Morgan fingerprint density at radius 3 is 2.18 bits per heavy atom. The number of hydrogen-bond acceptors (Lipinski definition) is 3. The lowest BCUT2D eigenvalue weighted by Crippen LogP contribution is -2.29. The molecule has 1 aromatic carbocycles. The van der Waals surface area contributed by atoms with Crippen molar-refractivity contribution in [1.29, 1.82) is 0 Å². The van der Waals surface area contributed by atoms with Gasteiger partial charge in [0.1, 0.15) is 5.82 Å². The molecular weight excluding hydrogens is 267 g/mol. The van der Waals surface area contributed by atoms with E-state index in [0.717, 1.165) is 0 Å². The molecule has 0 heterocycles. The van der Waals surface area contributed by atoms with Gasteiger partial charge in [-0.15, -0.1) is 12.4 Å². The first kappa shape index (κ1) is 16.3. The highest BCUT2D eigenvalue weighted by Crippen LogP contribution is 2.18. The second-order valence-corrected chi connectivity index (χ2v) is 5.32. The van der Waals surface area contributed by atoms with Gasteiger partial charge < -0.3 is 5.73 Å². The van der Waals surface area contributed by atoms with E-state index in [9.17, 15) is 12.8 Å². The fourth-order valence-corrected chi connectivity index (χ4v) is 2.56. The number of benzene rings is 1. The van der Waals surface area contributed by atoms with E-state index in [1.165, 1.54) is 26.0 Å². The third-order valence-corrected chi connectivity index (χ3v) is 3.60. The van der Waals surface area contributed by atoms with Crippen LogP contribution in [0.25, 0.3) is 0 Å². The monoisotopic (exact) mass is 282 g/mol. The zero-order chi connectivity index (χ0) is 12.3. The topological polar surface area (TPSA) is 72.2 Å². The molecular formula is C10H16ClFN2O2S. The number of halogens is 2. The molecule has 0 amide bonds. The molecule has 0 atom stereocenters. The van der Waals surface area contributed by atoms with Crippen LogP contribution in [0.3, 0.4) is 0 Å². The summed E-state index contributed by atoms with van der Waals surface area (Å²) in [5.74, 6) is -0.377. The van der Waals surface area contributed by atoms with Crippen molar-refractivity contribution < 1.29 is 12.8 Å². The lowest BCUT2D eigenvalue weighted by atomic mass is 10.1. The van der Waals surface area contributed by atoms with E-state index in [1.54, 1.807) is 0 Å². The van der Waals surface area contributed by atoms with Gasteiger partial charge in [-0.2, -0.15) is 0 Å². The van der Waals surface area contributed by atoms with Crippen LogP contribution in [-0.4, -0.2) is 21.5 Å². The molecule has 0 radical (unpaired) electrons. The molecule has 1 rings (SSSR count). The molecule has 7 heteroatoms. The molecule has 0 saturated heterocycles. The zero-order valence-corrected chi connectivity index (χ0v) is 11.3. The number of hydrogen-bond donors (Lipinski definition) is 2. The molecule has 3 N–H and O–H groups in total. The summed E-state index contributed by atoms with van der Waals surface area (Å²) in [6.07, 6.45) is 0. The minimum absolute atomic E-state index is 0. The lowest BCUT2D eigenvalue weighted by Gasteiger charge is -2.08. The summed E-state index contributed by atoms with van der Waals surface area (Å²) < 4.78 is 39.1. The Morgan fingerprint density at radius 1 is 1.29 bits per heavy atom. The summed E-state index contributed by atoms with van der Waals surface area (Å²) in [6, 6.07) is 2.61. The molecule has 0 aliphatic rings. The van der Waals surface area contributed by atoms with Crippen molar-refractivity contribution in [2.45, 2.75) is 18.7 Å². The summed E-state index contributed by atoms with van der Waals surface area (Å²) in [5.41, 5.74) is 5.84. The van der Waals surface area contributed by atoms with Crippen LogP contribution in [0.15, 0.2) is 17.0 Å². The molecule has 0 fully saturated rings. The van der Waals surface area contributed by atoms with Gasteiger partial charge in [0.2, 0.25) is 10.0 Å². The second-order valence-electron chi connectivity index (χ2n) is 3.56. The van der Waals surface area contributed by atoms with Crippen LogP contribution in [0, 0.1) is 19.7 Å². The fourth-order valence-electron chi connectivity index (χ4n) is 1.34. The van der Waals surface area contributed by atoms with E-state index in [4.69, 9.17) is 5.73 Å². The Bertz CT molecular complexity index is 468. The van der Waals surface area contributed by atoms with Crippen molar-refractivity contribution >= 4 is 22.4 Å². The highest BCUT2D eigenvalue weighted by Gasteiger charge is 2.15. The van der Waals surface area contributed by atoms with E-state index >= 15 is 0 Å². The van der Waals surface area contributed by atoms with Crippen molar-refractivity contribution in [3.63, 3.8) is 0 Å². The number of nitrogens with one attached hydrogen (secondary N) is 1. The maximum Gasteiger partial charge on any atom is 0.240 e. The molecule has 0 aliphatic carbocycles. The zero-order valence-electron chi connectivity index (χ0n) is 9.66. The predicted molar refractivity (Wildman–Crippen MR) is 67.4 cm³/mol. The number of nitrogens with two attached hydrogens (primary N) is 1. The third-order valence-electron chi connectivity index (χ3n) is 2.16. The summed E-state index contributed by atoms with van der Waals surface area (Å²) in [7, 11) is -3.58. The van der Waals surface area contributed by atoms with Crippen LogP contribution in [0.5, 0.6) is 0 Å². The largest absolute Gasteiger partial charge is 0.329 e. The normalized spacial score (nSPS) is 11.1. The summed E-state index contributed by atoms with van der Waals surface area (Å²) in [5, 5.41) is 0. The fraction of sp³-hybridized carbons (Fsp3) is 0.400. The highest BCUT2D eigenvalue weighted by atomic mass is 35.5. The van der Waals surface area contributed by atoms with Crippen LogP contribution in [-0.2, 0) is 10.0 Å². The third kappa shape index (κ3) is 3.92. The van der Waals surface area contributed by atoms with E-state index in [0.29, 0.717) is 11.1 Å². The molecule has 17 heavy (non-hydrogen) atoms. The molecule has 0 spiro atoms. The van der Waals surface area contributed by atoms with Crippen LogP contribution in [0.1, 0.15) is 11.1 Å². The molecule has 1 aromatic rings. The summed E-state index contributed by atoms with van der Waals surface area (Å²) >= 11 is 0. The summed E-state index contributed by atoms with van der Waals surface area (Å²) in [4.78, 5) is 0.0670. The lowest BCUT2D eigenvalue weighted by molar-refractivity contribution is 0.579. The maximum absolute atomic E-state index is 13.3. The van der Waals surface area contributed by atoms with Gasteiger partial charge in [-0.1, -0.05) is 0 Å². The molecule has 0 aliphatic heterocycles. The van der Waals surface area contributed by atoms with Crippen LogP contribution in [0.2, 0.25) is 0 Å². The molecule has 0 unspecified atom stereocenters. The molecule has 98 valence electrons. The van der Waals surface area contributed by atoms with Crippen molar-refractivity contribution in [2.75, 3.05) is 13.1 Å². The van der Waals surface area contributed by atoms with E-state index < -0.39 is 10.0 Å². The van der Waals surface area contributed by atoms with Gasteiger partial charge in [0.15, 0.2) is 0 Å². The average Bonchev–Trinajstić information content (AvgIpc) is 2.22. The van der Waals surface area contributed by atoms with Crippen LogP contribution in [0.4, 0.5) is 4.39 Å². The Labute approximate surface area is 107 Å². The Morgan fingerprint density at radius 2 is 1.76 bits per heavy atom.